The smallest absolute Gasteiger partial charge is 0.255 e. The lowest BCUT2D eigenvalue weighted by atomic mass is 9.86. The van der Waals surface area contributed by atoms with Gasteiger partial charge >= 0.3 is 0 Å². The number of hydrogen-bond donors (Lipinski definition) is 2. The molecule has 1 aromatic carbocycles. The Morgan fingerprint density at radius 3 is 2.41 bits per heavy atom. The van der Waals surface area contributed by atoms with Gasteiger partial charge in [0, 0.05) is 101 Å². The minimum Gasteiger partial charge on any atom is -0.492 e. The fraction of sp³-hybridized carbons (Fsp3) is 0.529. The number of piperazine rings is 1. The Bertz CT molecular complexity index is 2580. The molecule has 0 bridgehead atoms. The second-order valence-electron chi connectivity index (χ2n) is 19.6. The highest BCUT2D eigenvalue weighted by Gasteiger charge is 2.41. The van der Waals surface area contributed by atoms with Gasteiger partial charge in [0.25, 0.3) is 5.91 Å². The van der Waals surface area contributed by atoms with Crippen molar-refractivity contribution in [3.8, 4) is 22.9 Å². The van der Waals surface area contributed by atoms with E-state index < -0.39 is 17.5 Å². The molecule has 0 radical (unpaired) electrons. The van der Waals surface area contributed by atoms with E-state index in [9.17, 15) is 29.2 Å². The molecule has 1 unspecified atom stereocenters. The third kappa shape index (κ3) is 10.1. The van der Waals surface area contributed by atoms with Crippen LogP contribution in [0.1, 0.15) is 105 Å². The number of benzene rings is 1. The molecule has 1 atom stereocenters. The molecule has 5 aliphatic heterocycles. The maximum absolute atomic E-state index is 13.6. The third-order valence-corrected chi connectivity index (χ3v) is 14.6. The Morgan fingerprint density at radius 2 is 1.72 bits per heavy atom. The Hall–Kier alpha value is -6.38. The quantitative estimate of drug-likeness (QED) is 0.171. The van der Waals surface area contributed by atoms with Crippen LogP contribution in [0.5, 0.6) is 5.75 Å². The van der Waals surface area contributed by atoms with E-state index in [1.54, 1.807) is 21.8 Å². The number of piperidine rings is 3. The number of hydrogen-bond acceptors (Lipinski definition) is 12. The van der Waals surface area contributed by atoms with Gasteiger partial charge in [-0.3, -0.25) is 34.2 Å². The summed E-state index contributed by atoms with van der Waals surface area (Å²) in [5, 5.41) is 20.0. The first-order chi connectivity index (χ1) is 32.9. The van der Waals surface area contributed by atoms with E-state index in [-0.39, 0.29) is 36.0 Å². The van der Waals surface area contributed by atoms with Crippen LogP contribution in [0.4, 0.5) is 5.82 Å². The van der Waals surface area contributed by atoms with E-state index in [2.05, 4.69) is 56.4 Å². The number of likely N-dealkylation sites (tertiary alicyclic amines) is 1. The average Bonchev–Trinajstić information content (AvgIpc) is 3.90. The van der Waals surface area contributed by atoms with Crippen molar-refractivity contribution in [2.24, 2.45) is 5.92 Å². The van der Waals surface area contributed by atoms with Crippen LogP contribution in [0.2, 0.25) is 0 Å². The van der Waals surface area contributed by atoms with Gasteiger partial charge in [-0.2, -0.15) is 10.4 Å². The molecule has 9 rings (SSSR count). The Kier molecular flexibility index (Phi) is 13.8. The maximum atomic E-state index is 13.6. The van der Waals surface area contributed by atoms with Crippen LogP contribution in [0, 0.1) is 17.2 Å². The van der Waals surface area contributed by atoms with Gasteiger partial charge in [0.2, 0.25) is 23.6 Å². The molecule has 4 saturated heterocycles. The van der Waals surface area contributed by atoms with E-state index in [1.807, 2.05) is 48.4 Å². The molecule has 17 nitrogen and oxygen atoms in total. The number of fused-ring (bicyclic) bond motifs is 2. The fourth-order valence-corrected chi connectivity index (χ4v) is 10.9. The van der Waals surface area contributed by atoms with Crippen molar-refractivity contribution < 1.29 is 28.7 Å². The largest absolute Gasteiger partial charge is 0.492 e. The second kappa shape index (κ2) is 20.1. The number of aromatic nitrogens is 3. The minimum absolute atomic E-state index is 0.0757. The van der Waals surface area contributed by atoms with Crippen molar-refractivity contribution in [2.75, 3.05) is 77.0 Å². The monoisotopic (exact) mass is 925 g/mol. The van der Waals surface area contributed by atoms with Crippen molar-refractivity contribution in [3.05, 3.63) is 77.2 Å². The molecule has 5 amide bonds. The highest BCUT2D eigenvalue weighted by atomic mass is 16.5. The van der Waals surface area contributed by atoms with Crippen LogP contribution >= 0.6 is 0 Å². The summed E-state index contributed by atoms with van der Waals surface area (Å²) >= 11 is 0. The summed E-state index contributed by atoms with van der Waals surface area (Å²) in [6.07, 6.45) is 10.1. The summed E-state index contributed by atoms with van der Waals surface area (Å²) in [6.45, 7) is 14.4. The number of pyridine rings is 2. The Morgan fingerprint density at radius 1 is 0.941 bits per heavy atom. The number of nitriles is 1. The van der Waals surface area contributed by atoms with Crippen molar-refractivity contribution in [2.45, 2.75) is 96.2 Å². The number of carbonyl (C=O) groups excluding carboxylic acids is 5. The molecule has 3 aromatic heterocycles. The standard InChI is InChI=1S/C51H63N11O6/c1-4-68-40-27-41(48-39(28-52)30-54-62(48)32-40)37-7-9-44(53-29-37)59-19-14-51(15-20-59,56-46(64)25-34(2)3)33-58-21-23-60(24-22-58)47(65)13-18-57-16-11-35(12-17-57)36-5-6-38-31-61(50(67)42(38)26-36)43-8-10-45(63)55-49(43)66/h5-7,9,26-27,29-30,32,34-35,43H,4,8,10-25,31,33H2,1-3H3,(H,56,64)(H,55,63,66). The molecule has 4 aromatic rings. The lowest BCUT2D eigenvalue weighted by Crippen LogP contribution is -2.62. The van der Waals surface area contributed by atoms with Crippen LogP contribution in [-0.2, 0) is 25.7 Å². The third-order valence-electron chi connectivity index (χ3n) is 14.6. The van der Waals surface area contributed by atoms with E-state index >= 15 is 0 Å². The summed E-state index contributed by atoms with van der Waals surface area (Å²) < 4.78 is 7.49. The lowest BCUT2D eigenvalue weighted by Gasteiger charge is -2.47. The lowest BCUT2D eigenvalue weighted by molar-refractivity contribution is -0.137. The van der Waals surface area contributed by atoms with Crippen LogP contribution in [0.3, 0.4) is 0 Å². The van der Waals surface area contributed by atoms with Gasteiger partial charge in [-0.05, 0) is 99.3 Å². The molecular weight excluding hydrogens is 863 g/mol. The summed E-state index contributed by atoms with van der Waals surface area (Å²) in [4.78, 5) is 80.0. The zero-order valence-corrected chi connectivity index (χ0v) is 39.5. The zero-order valence-electron chi connectivity index (χ0n) is 39.5. The van der Waals surface area contributed by atoms with Crippen molar-refractivity contribution in [1.82, 2.24) is 44.8 Å². The normalized spacial score (nSPS) is 20.4. The first-order valence-corrected chi connectivity index (χ1v) is 24.5. The SMILES string of the molecule is CCOc1cc(-c2ccc(N3CCC(CN4CCN(C(=O)CCN5CCC(c6ccc7c(c6)C(=O)N(C6CCC(=O)NC6=O)C7)CC5)CC4)(NC(=O)CC(C)C)CC3)nc2)c2c(C#N)cnn2c1. The fourth-order valence-electron chi connectivity index (χ4n) is 10.9. The molecule has 17 heteroatoms. The van der Waals surface area contributed by atoms with Crippen molar-refractivity contribution in [3.63, 3.8) is 0 Å². The molecular formula is C51H63N11O6. The number of amides is 5. The Balaban J connectivity index is 0.749. The van der Waals surface area contributed by atoms with Gasteiger partial charge in [0.05, 0.1) is 35.6 Å². The van der Waals surface area contributed by atoms with Gasteiger partial charge in [-0.1, -0.05) is 26.0 Å². The average molecular weight is 926 g/mol. The molecule has 4 fully saturated rings. The number of imide groups is 1. The highest BCUT2D eigenvalue weighted by molar-refractivity contribution is 6.05. The van der Waals surface area contributed by atoms with Gasteiger partial charge in [-0.15, -0.1) is 0 Å². The summed E-state index contributed by atoms with van der Waals surface area (Å²) in [6, 6.07) is 13.8. The first-order valence-electron chi connectivity index (χ1n) is 24.5. The molecule has 0 aliphatic carbocycles. The van der Waals surface area contributed by atoms with Crippen LogP contribution in [0.25, 0.3) is 16.6 Å². The summed E-state index contributed by atoms with van der Waals surface area (Å²) in [5.74, 6) is 1.51. The number of rotatable bonds is 14. The molecule has 68 heavy (non-hydrogen) atoms. The van der Waals surface area contributed by atoms with Gasteiger partial charge in [0.1, 0.15) is 23.7 Å². The van der Waals surface area contributed by atoms with E-state index in [1.165, 1.54) is 0 Å². The van der Waals surface area contributed by atoms with Crippen molar-refractivity contribution in [1.29, 1.82) is 5.26 Å². The van der Waals surface area contributed by atoms with Crippen LogP contribution in [0.15, 0.2) is 55.0 Å². The Labute approximate surface area is 397 Å². The highest BCUT2D eigenvalue weighted by Crippen LogP contribution is 2.35. The number of ether oxygens (including phenoxy) is 1. The number of nitrogens with one attached hydrogen (secondary N) is 2. The molecule has 5 aliphatic rings. The molecule has 358 valence electrons. The molecule has 2 N–H and O–H groups in total. The van der Waals surface area contributed by atoms with Crippen LogP contribution < -0.4 is 20.3 Å². The van der Waals surface area contributed by atoms with Gasteiger partial charge < -0.3 is 29.7 Å². The summed E-state index contributed by atoms with van der Waals surface area (Å²) in [5.41, 5.74) is 5.19. The van der Waals surface area contributed by atoms with Gasteiger partial charge in [-0.25, -0.2) is 9.50 Å². The summed E-state index contributed by atoms with van der Waals surface area (Å²) in [7, 11) is 0. The number of anilines is 1. The van der Waals surface area contributed by atoms with Crippen LogP contribution in [-0.4, -0.2) is 147 Å². The number of nitrogens with zero attached hydrogens (tertiary/aromatic N) is 9. The van der Waals surface area contributed by atoms with E-state index in [4.69, 9.17) is 9.72 Å². The van der Waals surface area contributed by atoms with E-state index in [0.717, 1.165) is 99.6 Å². The van der Waals surface area contributed by atoms with E-state index in [0.29, 0.717) is 80.4 Å². The maximum Gasteiger partial charge on any atom is 0.255 e. The predicted octanol–water partition coefficient (Wildman–Crippen LogP) is 4.34. The molecule has 0 saturated carbocycles. The van der Waals surface area contributed by atoms with Gasteiger partial charge in [0.15, 0.2) is 0 Å². The molecule has 0 spiro atoms. The minimum atomic E-state index is -0.619. The molecule has 8 heterocycles. The zero-order chi connectivity index (χ0) is 47.5. The predicted molar refractivity (Wildman–Crippen MR) is 255 cm³/mol. The second-order valence-corrected chi connectivity index (χ2v) is 19.6. The topological polar surface area (TPSA) is 189 Å². The first kappa shape index (κ1) is 46.7. The van der Waals surface area contributed by atoms with Crippen molar-refractivity contribution >= 4 is 40.9 Å². The number of carbonyl (C=O) groups is 5.